The highest BCUT2D eigenvalue weighted by molar-refractivity contribution is 6.07. The monoisotopic (exact) mass is 324 g/mol. The van der Waals surface area contributed by atoms with Gasteiger partial charge in [0.05, 0.1) is 25.0 Å². The van der Waals surface area contributed by atoms with Crippen LogP contribution in [0.15, 0.2) is 54.8 Å². The van der Waals surface area contributed by atoms with Gasteiger partial charge in [0, 0.05) is 11.5 Å². The van der Waals surface area contributed by atoms with Crippen LogP contribution in [-0.4, -0.2) is 14.2 Å². The molecule has 0 aliphatic heterocycles. The Hall–Kier alpha value is -3.28. The van der Waals surface area contributed by atoms with Crippen molar-refractivity contribution in [3.8, 4) is 11.5 Å². The largest absolute Gasteiger partial charge is 0.493 e. The molecule has 0 N–H and O–H groups in total. The minimum Gasteiger partial charge on any atom is -0.493 e. The molecule has 4 rings (SSSR count). The topological polar surface area (TPSA) is 78.9 Å². The fraction of sp³-hybridized carbons (Fsp3) is 0.111. The van der Waals surface area contributed by atoms with Gasteiger partial charge in [-0.1, -0.05) is 12.1 Å². The van der Waals surface area contributed by atoms with E-state index < -0.39 is 5.63 Å². The fourth-order valence-corrected chi connectivity index (χ4v) is 2.82. The SMILES string of the molecule is COc1cc2oc3c(=O)oc4ccccc4c(=O)c3c2cc1OC. The van der Waals surface area contributed by atoms with Gasteiger partial charge in [0.25, 0.3) is 0 Å². The number of methoxy groups -OCH3 is 2. The molecule has 6 heteroatoms. The van der Waals surface area contributed by atoms with Crippen LogP contribution in [0.25, 0.3) is 32.9 Å². The van der Waals surface area contributed by atoms with E-state index in [9.17, 15) is 9.59 Å². The van der Waals surface area contributed by atoms with Gasteiger partial charge in [0.1, 0.15) is 11.2 Å². The van der Waals surface area contributed by atoms with E-state index >= 15 is 0 Å². The summed E-state index contributed by atoms with van der Waals surface area (Å²) >= 11 is 0. The maximum Gasteiger partial charge on any atom is 0.380 e. The van der Waals surface area contributed by atoms with E-state index in [4.69, 9.17) is 18.3 Å². The van der Waals surface area contributed by atoms with Crippen LogP contribution in [-0.2, 0) is 0 Å². The van der Waals surface area contributed by atoms with Crippen LogP contribution in [0.1, 0.15) is 0 Å². The number of ether oxygens (including phenoxy) is 2. The van der Waals surface area contributed by atoms with E-state index in [1.807, 2.05) is 0 Å². The molecule has 4 aromatic rings. The summed E-state index contributed by atoms with van der Waals surface area (Å²) in [4.78, 5) is 25.3. The van der Waals surface area contributed by atoms with Crippen molar-refractivity contribution < 1.29 is 18.3 Å². The third-order valence-corrected chi connectivity index (χ3v) is 3.94. The second-order valence-electron chi connectivity index (χ2n) is 5.22. The van der Waals surface area contributed by atoms with Crippen LogP contribution in [0.2, 0.25) is 0 Å². The van der Waals surface area contributed by atoms with Gasteiger partial charge in [0.15, 0.2) is 11.5 Å². The van der Waals surface area contributed by atoms with E-state index in [-0.39, 0.29) is 22.0 Å². The molecule has 0 aliphatic carbocycles. The maximum absolute atomic E-state index is 12.9. The molecule has 6 nitrogen and oxygen atoms in total. The van der Waals surface area contributed by atoms with Crippen molar-refractivity contribution in [2.75, 3.05) is 14.2 Å². The van der Waals surface area contributed by atoms with Crippen molar-refractivity contribution in [2.45, 2.75) is 0 Å². The minimum absolute atomic E-state index is 0.124. The van der Waals surface area contributed by atoms with Gasteiger partial charge < -0.3 is 18.3 Å². The molecule has 0 aliphatic rings. The van der Waals surface area contributed by atoms with Gasteiger partial charge in [0.2, 0.25) is 11.0 Å². The summed E-state index contributed by atoms with van der Waals surface area (Å²) in [6, 6.07) is 9.78. The Morgan fingerprint density at radius 1 is 0.833 bits per heavy atom. The lowest BCUT2D eigenvalue weighted by molar-refractivity contribution is 0.355. The van der Waals surface area contributed by atoms with E-state index in [2.05, 4.69) is 0 Å². The third-order valence-electron chi connectivity index (χ3n) is 3.94. The molecule has 0 amide bonds. The summed E-state index contributed by atoms with van der Waals surface area (Å²) < 4.78 is 21.4. The van der Waals surface area contributed by atoms with Gasteiger partial charge in [-0.05, 0) is 18.2 Å². The zero-order valence-corrected chi connectivity index (χ0v) is 12.9. The summed E-state index contributed by atoms with van der Waals surface area (Å²) in [6.45, 7) is 0. The fourth-order valence-electron chi connectivity index (χ4n) is 2.82. The molecular weight excluding hydrogens is 312 g/mol. The predicted molar refractivity (Wildman–Crippen MR) is 89.1 cm³/mol. The maximum atomic E-state index is 12.9. The number of hydrogen-bond donors (Lipinski definition) is 0. The van der Waals surface area contributed by atoms with Crippen molar-refractivity contribution in [1.29, 1.82) is 0 Å². The zero-order chi connectivity index (χ0) is 16.8. The molecule has 0 bridgehead atoms. The van der Waals surface area contributed by atoms with Crippen LogP contribution in [0.3, 0.4) is 0 Å². The first-order valence-corrected chi connectivity index (χ1v) is 7.18. The number of hydrogen-bond acceptors (Lipinski definition) is 6. The van der Waals surface area contributed by atoms with Gasteiger partial charge in [-0.25, -0.2) is 4.79 Å². The Kier molecular flexibility index (Phi) is 3.06. The van der Waals surface area contributed by atoms with Crippen LogP contribution < -0.4 is 20.5 Å². The van der Waals surface area contributed by atoms with Crippen molar-refractivity contribution >= 4 is 32.9 Å². The molecule has 2 heterocycles. The summed E-state index contributed by atoms with van der Waals surface area (Å²) in [7, 11) is 2.99. The molecule has 0 saturated heterocycles. The lowest BCUT2D eigenvalue weighted by atomic mass is 10.1. The number of rotatable bonds is 2. The van der Waals surface area contributed by atoms with Crippen LogP contribution >= 0.6 is 0 Å². The summed E-state index contributed by atoms with van der Waals surface area (Å²) in [6.07, 6.45) is 0. The van der Waals surface area contributed by atoms with Gasteiger partial charge in [-0.15, -0.1) is 0 Å². The predicted octanol–water partition coefficient (Wildman–Crippen LogP) is 3.07. The Bertz CT molecular complexity index is 1220. The zero-order valence-electron chi connectivity index (χ0n) is 12.9. The smallest absolute Gasteiger partial charge is 0.380 e. The van der Waals surface area contributed by atoms with Crippen LogP contribution in [0.4, 0.5) is 0 Å². The molecule has 0 spiro atoms. The molecule has 0 fully saturated rings. The molecule has 0 atom stereocenters. The third kappa shape index (κ3) is 1.89. The summed E-state index contributed by atoms with van der Waals surface area (Å²) in [5.41, 5.74) is -0.605. The first kappa shape index (κ1) is 14.3. The molecule has 0 saturated carbocycles. The molecule has 0 radical (unpaired) electrons. The highest BCUT2D eigenvalue weighted by atomic mass is 16.5. The minimum atomic E-state index is -0.711. The lowest BCUT2D eigenvalue weighted by Crippen LogP contribution is -1.99. The van der Waals surface area contributed by atoms with Crippen LogP contribution in [0, 0.1) is 0 Å². The standard InChI is InChI=1S/C18H12O6/c1-21-13-7-10-12(8-14(13)22-2)23-17-15(10)16(19)9-5-3-4-6-11(9)24-18(17)20/h3-8H,1-2H3. The van der Waals surface area contributed by atoms with E-state index in [0.717, 1.165) is 0 Å². The number of fused-ring (bicyclic) bond motifs is 4. The average molecular weight is 324 g/mol. The van der Waals surface area contributed by atoms with Crippen LogP contribution in [0.5, 0.6) is 11.5 Å². The van der Waals surface area contributed by atoms with Gasteiger partial charge in [-0.2, -0.15) is 0 Å². The number of benzene rings is 2. The Morgan fingerprint density at radius 2 is 1.54 bits per heavy atom. The highest BCUT2D eigenvalue weighted by Gasteiger charge is 2.18. The van der Waals surface area contributed by atoms with E-state index in [1.165, 1.54) is 14.2 Å². The number of para-hydroxylation sites is 1. The summed E-state index contributed by atoms with van der Waals surface area (Å²) in [5.74, 6) is 0.877. The first-order valence-electron chi connectivity index (χ1n) is 7.18. The first-order chi connectivity index (χ1) is 11.6. The van der Waals surface area contributed by atoms with Crippen molar-refractivity contribution in [3.05, 3.63) is 57.0 Å². The molecule has 120 valence electrons. The van der Waals surface area contributed by atoms with Gasteiger partial charge >= 0.3 is 5.63 Å². The van der Waals surface area contributed by atoms with Crippen molar-refractivity contribution in [1.82, 2.24) is 0 Å². The Balaban J connectivity index is 2.31. The molecular formula is C18H12O6. The molecule has 2 aromatic carbocycles. The van der Waals surface area contributed by atoms with E-state index in [1.54, 1.807) is 36.4 Å². The summed E-state index contributed by atoms with van der Waals surface area (Å²) in [5, 5.41) is 0.948. The number of furan rings is 1. The van der Waals surface area contributed by atoms with Gasteiger partial charge in [-0.3, -0.25) is 4.79 Å². The Labute approximate surface area is 134 Å². The Morgan fingerprint density at radius 3 is 2.29 bits per heavy atom. The highest BCUT2D eigenvalue weighted by Crippen LogP contribution is 2.35. The second kappa shape index (κ2) is 5.13. The average Bonchev–Trinajstić information content (AvgIpc) is 2.94. The van der Waals surface area contributed by atoms with Crippen molar-refractivity contribution in [3.63, 3.8) is 0 Å². The normalized spacial score (nSPS) is 11.2. The molecule has 24 heavy (non-hydrogen) atoms. The van der Waals surface area contributed by atoms with E-state index in [0.29, 0.717) is 27.9 Å². The lowest BCUT2D eigenvalue weighted by Gasteiger charge is -2.06. The van der Waals surface area contributed by atoms with Crippen molar-refractivity contribution in [2.24, 2.45) is 0 Å². The quantitative estimate of drug-likeness (QED) is 0.564. The molecule has 2 aromatic heterocycles. The second-order valence-corrected chi connectivity index (χ2v) is 5.22. The molecule has 0 unspecified atom stereocenters.